The summed E-state index contributed by atoms with van der Waals surface area (Å²) in [7, 11) is 1.31. The van der Waals surface area contributed by atoms with E-state index in [-0.39, 0.29) is 0 Å². The first kappa shape index (κ1) is 16.1. The van der Waals surface area contributed by atoms with Gasteiger partial charge in [-0.1, -0.05) is 6.92 Å². The van der Waals surface area contributed by atoms with Crippen molar-refractivity contribution in [1.82, 2.24) is 0 Å². The molecule has 14 heavy (non-hydrogen) atoms. The Hall–Kier alpha value is -0.320. The van der Waals surface area contributed by atoms with E-state index in [2.05, 4.69) is 11.7 Å². The van der Waals surface area contributed by atoms with Gasteiger partial charge in [-0.15, -0.1) is 11.6 Å². The average molecular weight is 227 g/mol. The van der Waals surface area contributed by atoms with Crippen LogP contribution in [-0.2, 0) is 19.0 Å². The zero-order valence-electron chi connectivity index (χ0n) is 8.83. The molecular formula is C9H19ClO4. The van der Waals surface area contributed by atoms with Crippen LogP contribution in [0.15, 0.2) is 0 Å². The van der Waals surface area contributed by atoms with Gasteiger partial charge in [0.2, 0.25) is 0 Å². The van der Waals surface area contributed by atoms with Gasteiger partial charge in [0.15, 0.2) is 0 Å². The molecule has 0 N–H and O–H groups in total. The lowest BCUT2D eigenvalue weighted by Gasteiger charge is -2.01. The molecule has 0 heterocycles. The number of halogens is 1. The molecule has 0 aliphatic rings. The minimum atomic E-state index is 0.375. The van der Waals surface area contributed by atoms with Crippen LogP contribution in [0.2, 0.25) is 0 Å². The number of hydrogen-bond donors (Lipinski definition) is 0. The van der Waals surface area contributed by atoms with Crippen LogP contribution in [0.1, 0.15) is 13.3 Å². The third kappa shape index (κ3) is 22.6. The Balaban J connectivity index is 0. The molecule has 4 nitrogen and oxygen atoms in total. The lowest BCUT2D eigenvalue weighted by molar-refractivity contribution is -0.126. The molecule has 0 aliphatic carbocycles. The van der Waals surface area contributed by atoms with Crippen molar-refractivity contribution in [3.63, 3.8) is 0 Å². The molecule has 0 amide bonds. The van der Waals surface area contributed by atoms with Gasteiger partial charge in [-0.05, 0) is 6.42 Å². The Morgan fingerprint density at radius 2 is 1.64 bits per heavy atom. The molecule has 0 fully saturated rings. The van der Waals surface area contributed by atoms with Crippen molar-refractivity contribution < 1.29 is 19.0 Å². The van der Waals surface area contributed by atoms with Gasteiger partial charge in [0.1, 0.15) is 0 Å². The van der Waals surface area contributed by atoms with E-state index in [0.717, 1.165) is 13.0 Å². The fourth-order valence-corrected chi connectivity index (χ4v) is 0.630. The third-order valence-corrected chi connectivity index (χ3v) is 1.19. The molecule has 0 saturated heterocycles. The van der Waals surface area contributed by atoms with E-state index in [1.165, 1.54) is 7.11 Å². The maximum absolute atomic E-state index is 8.95. The van der Waals surface area contributed by atoms with Crippen molar-refractivity contribution in [3.05, 3.63) is 0 Å². The highest BCUT2D eigenvalue weighted by Crippen LogP contribution is 1.82. The monoisotopic (exact) mass is 226 g/mol. The number of rotatable bonds is 8. The predicted octanol–water partition coefficient (Wildman–Crippen LogP) is 1.46. The number of hydrogen-bond acceptors (Lipinski definition) is 4. The SMILES string of the molecule is CCCOCCOCCCl.COC=O. The Morgan fingerprint density at radius 1 is 1.14 bits per heavy atom. The molecule has 0 bridgehead atoms. The quantitative estimate of drug-likeness (QED) is 0.357. The van der Waals surface area contributed by atoms with Crippen molar-refractivity contribution in [3.8, 4) is 0 Å². The molecule has 0 aromatic rings. The van der Waals surface area contributed by atoms with Crippen molar-refractivity contribution >= 4 is 18.1 Å². The number of carbonyl (C=O) groups is 1. The van der Waals surface area contributed by atoms with Gasteiger partial charge < -0.3 is 14.2 Å². The first-order valence-corrected chi connectivity index (χ1v) is 5.04. The molecule has 0 saturated carbocycles. The second-order valence-electron chi connectivity index (χ2n) is 2.25. The van der Waals surface area contributed by atoms with Crippen molar-refractivity contribution in [2.45, 2.75) is 13.3 Å². The summed E-state index contributed by atoms with van der Waals surface area (Å²) in [4.78, 5) is 8.95. The Kier molecular flexibility index (Phi) is 21.3. The summed E-state index contributed by atoms with van der Waals surface area (Å²) < 4.78 is 14.1. The summed E-state index contributed by atoms with van der Waals surface area (Å²) in [6, 6.07) is 0. The van der Waals surface area contributed by atoms with Crippen molar-refractivity contribution in [2.75, 3.05) is 39.4 Å². The Morgan fingerprint density at radius 3 is 2.00 bits per heavy atom. The third-order valence-electron chi connectivity index (χ3n) is 1.04. The fourth-order valence-electron chi connectivity index (χ4n) is 0.521. The lowest BCUT2D eigenvalue weighted by atomic mass is 10.5. The molecule has 0 unspecified atom stereocenters. The van der Waals surface area contributed by atoms with Crippen LogP contribution in [0.5, 0.6) is 0 Å². The van der Waals surface area contributed by atoms with E-state index in [4.69, 9.17) is 25.9 Å². The lowest BCUT2D eigenvalue weighted by Crippen LogP contribution is -2.06. The van der Waals surface area contributed by atoms with Crippen LogP contribution in [0, 0.1) is 0 Å². The van der Waals surface area contributed by atoms with E-state index in [1.54, 1.807) is 0 Å². The molecular weight excluding hydrogens is 208 g/mol. The van der Waals surface area contributed by atoms with Gasteiger partial charge in [-0.3, -0.25) is 4.79 Å². The number of ether oxygens (including phenoxy) is 3. The zero-order valence-corrected chi connectivity index (χ0v) is 9.59. The van der Waals surface area contributed by atoms with Crippen LogP contribution in [0.4, 0.5) is 0 Å². The molecule has 5 heteroatoms. The topological polar surface area (TPSA) is 44.8 Å². The van der Waals surface area contributed by atoms with Gasteiger partial charge in [-0.25, -0.2) is 0 Å². The first-order chi connectivity index (χ1) is 6.83. The molecule has 0 rings (SSSR count). The van der Waals surface area contributed by atoms with Crippen LogP contribution >= 0.6 is 11.6 Å². The molecule has 0 aromatic heterocycles. The second-order valence-corrected chi connectivity index (χ2v) is 2.62. The highest BCUT2D eigenvalue weighted by molar-refractivity contribution is 6.17. The molecule has 86 valence electrons. The minimum Gasteiger partial charge on any atom is -0.471 e. The maximum atomic E-state index is 8.95. The summed E-state index contributed by atoms with van der Waals surface area (Å²) in [5.41, 5.74) is 0. The van der Waals surface area contributed by atoms with Crippen LogP contribution in [0.25, 0.3) is 0 Å². The highest BCUT2D eigenvalue weighted by Gasteiger charge is 1.86. The first-order valence-electron chi connectivity index (χ1n) is 4.51. The van der Waals surface area contributed by atoms with Crippen molar-refractivity contribution in [2.24, 2.45) is 0 Å². The Labute approximate surface area is 90.5 Å². The van der Waals surface area contributed by atoms with Gasteiger partial charge in [0.05, 0.1) is 26.9 Å². The smallest absolute Gasteiger partial charge is 0.292 e. The van der Waals surface area contributed by atoms with Gasteiger partial charge in [-0.2, -0.15) is 0 Å². The van der Waals surface area contributed by atoms with E-state index in [9.17, 15) is 0 Å². The van der Waals surface area contributed by atoms with Crippen LogP contribution in [-0.4, -0.2) is 45.9 Å². The van der Waals surface area contributed by atoms with Gasteiger partial charge in [0.25, 0.3) is 6.47 Å². The fraction of sp³-hybridized carbons (Fsp3) is 0.889. The van der Waals surface area contributed by atoms with E-state index in [1.807, 2.05) is 0 Å². The predicted molar refractivity (Wildman–Crippen MR) is 55.7 cm³/mol. The summed E-state index contributed by atoms with van der Waals surface area (Å²) in [5, 5.41) is 0. The summed E-state index contributed by atoms with van der Waals surface area (Å²) in [6.45, 7) is 5.25. The van der Waals surface area contributed by atoms with Crippen molar-refractivity contribution in [1.29, 1.82) is 0 Å². The van der Waals surface area contributed by atoms with Gasteiger partial charge >= 0.3 is 0 Å². The molecule has 0 aliphatic heterocycles. The summed E-state index contributed by atoms with van der Waals surface area (Å²) in [6.07, 6.45) is 1.06. The largest absolute Gasteiger partial charge is 0.471 e. The molecule has 0 radical (unpaired) electrons. The maximum Gasteiger partial charge on any atom is 0.292 e. The van der Waals surface area contributed by atoms with E-state index in [0.29, 0.717) is 32.2 Å². The molecule has 0 aromatic carbocycles. The molecule has 0 spiro atoms. The zero-order chi connectivity index (χ0) is 11.1. The Bertz CT molecular complexity index is 92.8. The number of methoxy groups -OCH3 is 1. The summed E-state index contributed by atoms with van der Waals surface area (Å²) in [5.74, 6) is 0.563. The number of alkyl halides is 1. The minimum absolute atomic E-state index is 0.375. The van der Waals surface area contributed by atoms with Crippen LogP contribution < -0.4 is 0 Å². The average Bonchev–Trinajstić information content (AvgIpc) is 2.24. The van der Waals surface area contributed by atoms with Crippen LogP contribution in [0.3, 0.4) is 0 Å². The highest BCUT2D eigenvalue weighted by atomic mass is 35.5. The molecule has 0 atom stereocenters. The van der Waals surface area contributed by atoms with E-state index < -0.39 is 0 Å². The number of carbonyl (C=O) groups excluding carboxylic acids is 1. The standard InChI is InChI=1S/C7H15ClO2.C2H4O2/c1-2-4-9-6-7-10-5-3-8;1-4-2-3/h2-7H2,1H3;2H,1H3. The summed E-state index contributed by atoms with van der Waals surface area (Å²) >= 11 is 5.38. The van der Waals surface area contributed by atoms with Gasteiger partial charge in [0, 0.05) is 12.5 Å². The normalized spacial score (nSPS) is 8.79. The second kappa shape index (κ2) is 18.5. The van der Waals surface area contributed by atoms with E-state index >= 15 is 0 Å².